The number of hydrogen-bond donors (Lipinski definition) is 1. The van der Waals surface area contributed by atoms with Crippen molar-refractivity contribution in [2.75, 3.05) is 11.9 Å². The second-order valence-corrected chi connectivity index (χ2v) is 8.17. The Morgan fingerprint density at radius 3 is 2.83 bits per heavy atom. The van der Waals surface area contributed by atoms with Crippen molar-refractivity contribution in [3.05, 3.63) is 69.8 Å². The zero-order valence-electron chi connectivity index (χ0n) is 16.6. The van der Waals surface area contributed by atoms with Crippen LogP contribution in [-0.4, -0.2) is 22.1 Å². The Balaban J connectivity index is 1.81. The molecule has 1 atom stereocenters. The van der Waals surface area contributed by atoms with E-state index < -0.39 is 0 Å². The molecule has 1 aliphatic heterocycles. The van der Waals surface area contributed by atoms with Gasteiger partial charge >= 0.3 is 5.97 Å². The number of carbonyl (C=O) groups excluding carboxylic acids is 1. The molecule has 0 amide bonds. The Labute approximate surface area is 178 Å². The molecule has 0 saturated carbocycles. The number of rotatable bonds is 6. The quantitative estimate of drug-likeness (QED) is 0.377. The molecule has 29 heavy (non-hydrogen) atoms. The lowest BCUT2D eigenvalue weighted by atomic mass is 9.95. The first-order valence-electron chi connectivity index (χ1n) is 9.97. The van der Waals surface area contributed by atoms with Gasteiger partial charge in [0.1, 0.15) is 0 Å². The highest BCUT2D eigenvalue weighted by atomic mass is 79.9. The van der Waals surface area contributed by atoms with Crippen molar-refractivity contribution >= 4 is 38.9 Å². The lowest BCUT2D eigenvalue weighted by Crippen LogP contribution is -2.29. The van der Waals surface area contributed by atoms with Gasteiger partial charge in [-0.15, -0.1) is 0 Å². The zero-order chi connectivity index (χ0) is 20.4. The first-order valence-corrected chi connectivity index (χ1v) is 10.8. The third-order valence-corrected chi connectivity index (χ3v) is 5.69. The Morgan fingerprint density at radius 1 is 1.21 bits per heavy atom. The summed E-state index contributed by atoms with van der Waals surface area (Å²) in [5.74, 6) is 0.454. The molecule has 0 aliphatic carbocycles. The average molecular weight is 454 g/mol. The van der Waals surface area contributed by atoms with Crippen LogP contribution in [0, 0.1) is 0 Å². The molecular formula is C23H24BrN3O2. The summed E-state index contributed by atoms with van der Waals surface area (Å²) in [5.41, 5.74) is 4.27. The minimum Gasteiger partial charge on any atom is -0.462 e. The number of unbranched alkanes of at least 4 members (excludes halogenated alkanes) is 2. The van der Waals surface area contributed by atoms with E-state index in [4.69, 9.17) is 9.72 Å². The maximum absolute atomic E-state index is 13.1. The van der Waals surface area contributed by atoms with Crippen molar-refractivity contribution in [3.63, 3.8) is 0 Å². The number of benzene rings is 2. The molecule has 1 aromatic heterocycles. The number of halogens is 1. The number of fused-ring (bicyclic) bond motifs is 3. The molecule has 0 radical (unpaired) electrons. The molecular weight excluding hydrogens is 430 g/mol. The number of nitrogens with one attached hydrogen (secondary N) is 1. The molecule has 150 valence electrons. The van der Waals surface area contributed by atoms with Gasteiger partial charge in [-0.2, -0.15) is 0 Å². The molecule has 0 spiro atoms. The van der Waals surface area contributed by atoms with E-state index in [1.165, 1.54) is 0 Å². The number of nitrogens with zero attached hydrogens (tertiary/aromatic N) is 2. The number of para-hydroxylation sites is 2. The van der Waals surface area contributed by atoms with Gasteiger partial charge in [-0.05, 0) is 43.2 Å². The van der Waals surface area contributed by atoms with Crippen LogP contribution in [0.25, 0.3) is 11.0 Å². The minimum atomic E-state index is -0.310. The van der Waals surface area contributed by atoms with Crippen LogP contribution in [-0.2, 0) is 9.53 Å². The molecule has 2 heterocycles. The van der Waals surface area contributed by atoms with Crippen LogP contribution in [0.4, 0.5) is 5.95 Å². The van der Waals surface area contributed by atoms with E-state index in [9.17, 15) is 4.79 Å². The highest BCUT2D eigenvalue weighted by Crippen LogP contribution is 2.40. The number of anilines is 1. The fourth-order valence-electron chi connectivity index (χ4n) is 3.82. The van der Waals surface area contributed by atoms with E-state index in [0.29, 0.717) is 12.2 Å². The highest BCUT2D eigenvalue weighted by Gasteiger charge is 2.34. The predicted octanol–water partition coefficient (Wildman–Crippen LogP) is 5.82. The van der Waals surface area contributed by atoms with Crippen molar-refractivity contribution in [3.8, 4) is 0 Å². The van der Waals surface area contributed by atoms with Crippen LogP contribution >= 0.6 is 15.9 Å². The Kier molecular flexibility index (Phi) is 5.72. The summed E-state index contributed by atoms with van der Waals surface area (Å²) in [6, 6.07) is 15.7. The maximum Gasteiger partial charge on any atom is 0.338 e. The van der Waals surface area contributed by atoms with Crippen LogP contribution in [0.1, 0.15) is 44.7 Å². The summed E-state index contributed by atoms with van der Waals surface area (Å²) in [7, 11) is 0. The first kappa shape index (κ1) is 19.7. The van der Waals surface area contributed by atoms with E-state index in [0.717, 1.165) is 52.0 Å². The number of hydrogen-bond acceptors (Lipinski definition) is 4. The zero-order valence-corrected chi connectivity index (χ0v) is 18.2. The lowest BCUT2D eigenvalue weighted by molar-refractivity contribution is -0.139. The number of allylic oxidation sites excluding steroid dienone is 1. The van der Waals surface area contributed by atoms with E-state index >= 15 is 0 Å². The topological polar surface area (TPSA) is 56.1 Å². The lowest BCUT2D eigenvalue weighted by Gasteiger charge is -2.30. The summed E-state index contributed by atoms with van der Waals surface area (Å²) in [4.78, 5) is 17.9. The van der Waals surface area contributed by atoms with Crippen LogP contribution in [0.3, 0.4) is 0 Å². The normalized spacial score (nSPS) is 15.9. The molecule has 0 bridgehead atoms. The van der Waals surface area contributed by atoms with E-state index in [1.54, 1.807) is 0 Å². The average Bonchev–Trinajstić information content (AvgIpc) is 3.07. The third-order valence-electron chi connectivity index (χ3n) is 5.20. The standard InChI is InChI=1S/C23H24BrN3O2/c1-3-4-7-13-29-22(28)20-15(2)25-23-26-18-11-5-6-12-19(18)27(23)21(20)16-9-8-10-17(24)14-16/h5-6,8-12,14,21H,3-4,7,13H2,1-2H3,(H,25,26)/t21-/m0/s1. The summed E-state index contributed by atoms with van der Waals surface area (Å²) in [5, 5.41) is 3.32. The van der Waals surface area contributed by atoms with Gasteiger partial charge in [0.2, 0.25) is 5.95 Å². The maximum atomic E-state index is 13.1. The van der Waals surface area contributed by atoms with Crippen LogP contribution in [0.5, 0.6) is 0 Å². The summed E-state index contributed by atoms with van der Waals surface area (Å²) >= 11 is 3.57. The second kappa shape index (κ2) is 8.41. The van der Waals surface area contributed by atoms with Gasteiger partial charge in [0.15, 0.2) is 0 Å². The summed E-state index contributed by atoms with van der Waals surface area (Å²) in [6.07, 6.45) is 3.02. The van der Waals surface area contributed by atoms with Crippen LogP contribution in [0.15, 0.2) is 64.3 Å². The number of carbonyl (C=O) groups is 1. The summed E-state index contributed by atoms with van der Waals surface area (Å²) < 4.78 is 8.71. The van der Waals surface area contributed by atoms with Crippen molar-refractivity contribution < 1.29 is 9.53 Å². The van der Waals surface area contributed by atoms with E-state index in [-0.39, 0.29) is 12.0 Å². The molecule has 4 rings (SSSR count). The molecule has 0 saturated heterocycles. The molecule has 0 fully saturated rings. The Hall–Kier alpha value is -2.60. The number of ether oxygens (including phenoxy) is 1. The van der Waals surface area contributed by atoms with E-state index in [2.05, 4.69) is 32.7 Å². The molecule has 1 aliphatic rings. The number of imidazole rings is 1. The minimum absolute atomic E-state index is 0.278. The second-order valence-electron chi connectivity index (χ2n) is 7.26. The summed E-state index contributed by atoms with van der Waals surface area (Å²) in [6.45, 7) is 4.48. The fourth-order valence-corrected chi connectivity index (χ4v) is 4.23. The molecule has 1 N–H and O–H groups in total. The largest absolute Gasteiger partial charge is 0.462 e. The first-order chi connectivity index (χ1) is 14.1. The monoisotopic (exact) mass is 453 g/mol. The smallest absolute Gasteiger partial charge is 0.338 e. The van der Waals surface area contributed by atoms with Gasteiger partial charge in [0.05, 0.1) is 29.3 Å². The Bertz CT molecular complexity index is 1090. The molecule has 5 nitrogen and oxygen atoms in total. The SMILES string of the molecule is CCCCCOC(=O)C1=C(C)Nc2nc3ccccc3n2[C@H]1c1cccc(Br)c1. The van der Waals surface area contributed by atoms with Crippen molar-refractivity contribution in [1.82, 2.24) is 9.55 Å². The number of esters is 1. The van der Waals surface area contributed by atoms with E-state index in [1.807, 2.05) is 55.5 Å². The van der Waals surface area contributed by atoms with Crippen LogP contribution < -0.4 is 5.32 Å². The van der Waals surface area contributed by atoms with Gasteiger partial charge in [-0.3, -0.25) is 4.57 Å². The van der Waals surface area contributed by atoms with Gasteiger partial charge in [0.25, 0.3) is 0 Å². The van der Waals surface area contributed by atoms with Gasteiger partial charge < -0.3 is 10.1 Å². The fraction of sp³-hybridized carbons (Fsp3) is 0.304. The molecule has 3 aromatic rings. The van der Waals surface area contributed by atoms with Crippen molar-refractivity contribution in [2.24, 2.45) is 0 Å². The molecule has 0 unspecified atom stereocenters. The predicted molar refractivity (Wildman–Crippen MR) is 119 cm³/mol. The van der Waals surface area contributed by atoms with Crippen LogP contribution in [0.2, 0.25) is 0 Å². The number of aromatic nitrogens is 2. The van der Waals surface area contributed by atoms with Crippen molar-refractivity contribution in [1.29, 1.82) is 0 Å². The van der Waals surface area contributed by atoms with Gasteiger partial charge in [0, 0.05) is 10.2 Å². The highest BCUT2D eigenvalue weighted by molar-refractivity contribution is 9.10. The Morgan fingerprint density at radius 2 is 2.03 bits per heavy atom. The van der Waals surface area contributed by atoms with Crippen molar-refractivity contribution in [2.45, 2.75) is 39.2 Å². The van der Waals surface area contributed by atoms with Gasteiger partial charge in [-0.25, -0.2) is 9.78 Å². The third kappa shape index (κ3) is 3.81. The molecule has 2 aromatic carbocycles. The van der Waals surface area contributed by atoms with Gasteiger partial charge in [-0.1, -0.05) is 60.0 Å². The molecule has 6 heteroatoms.